The maximum absolute atomic E-state index is 13.8. The van der Waals surface area contributed by atoms with Crippen molar-refractivity contribution in [3.63, 3.8) is 0 Å². The highest BCUT2D eigenvalue weighted by atomic mass is 19.1. The summed E-state index contributed by atoms with van der Waals surface area (Å²) in [4.78, 5) is 7.65. The van der Waals surface area contributed by atoms with Crippen LogP contribution in [0.25, 0.3) is 0 Å². The van der Waals surface area contributed by atoms with Crippen LogP contribution in [0.5, 0.6) is 5.88 Å². The van der Waals surface area contributed by atoms with E-state index in [-0.39, 0.29) is 5.88 Å². The minimum atomic E-state index is -0.481. The predicted octanol–water partition coefficient (Wildman–Crippen LogP) is 2.38. The van der Waals surface area contributed by atoms with Crippen LogP contribution >= 0.6 is 0 Å². The van der Waals surface area contributed by atoms with Gasteiger partial charge in [-0.05, 0) is 18.1 Å². The van der Waals surface area contributed by atoms with Gasteiger partial charge in [0.2, 0.25) is 5.82 Å². The Bertz CT molecular complexity index is 560. The zero-order valence-corrected chi connectivity index (χ0v) is 10.8. The van der Waals surface area contributed by atoms with E-state index in [4.69, 9.17) is 10.5 Å². The monoisotopic (exact) mass is 261 g/mol. The Morgan fingerprint density at radius 2 is 2.05 bits per heavy atom. The molecule has 1 aromatic carbocycles. The number of rotatable bonds is 5. The summed E-state index contributed by atoms with van der Waals surface area (Å²) in [5.41, 5.74) is 7.88. The largest absolute Gasteiger partial charge is 0.475 e. The number of anilines is 1. The Kier molecular flexibility index (Phi) is 4.28. The van der Waals surface area contributed by atoms with Crippen molar-refractivity contribution in [1.82, 2.24) is 9.97 Å². The highest BCUT2D eigenvalue weighted by Gasteiger charge is 2.10. The lowest BCUT2D eigenvalue weighted by molar-refractivity contribution is 0.289. The van der Waals surface area contributed by atoms with Gasteiger partial charge in [0, 0.05) is 12.1 Å². The van der Waals surface area contributed by atoms with Crippen LogP contribution in [0, 0.1) is 5.82 Å². The molecule has 4 nitrogen and oxygen atoms in total. The molecule has 0 unspecified atom stereocenters. The van der Waals surface area contributed by atoms with Gasteiger partial charge in [0.25, 0.3) is 5.88 Å². The number of ether oxygens (including phenoxy) is 1. The molecule has 1 heterocycles. The van der Waals surface area contributed by atoms with E-state index in [0.29, 0.717) is 30.8 Å². The number of aromatic nitrogens is 2. The molecule has 2 N–H and O–H groups in total. The average molecular weight is 261 g/mol. The molecule has 0 aliphatic heterocycles. The van der Waals surface area contributed by atoms with Gasteiger partial charge < -0.3 is 10.5 Å². The van der Waals surface area contributed by atoms with Crippen LogP contribution in [0.1, 0.15) is 18.2 Å². The van der Waals surface area contributed by atoms with Crippen molar-refractivity contribution in [3.8, 4) is 5.88 Å². The summed E-state index contributed by atoms with van der Waals surface area (Å²) in [6, 6.07) is 7.53. The van der Waals surface area contributed by atoms with Crippen LogP contribution in [0.15, 0.2) is 30.6 Å². The number of benzene rings is 1. The second-order valence-electron chi connectivity index (χ2n) is 4.09. The van der Waals surface area contributed by atoms with Gasteiger partial charge in [-0.1, -0.05) is 25.1 Å². The topological polar surface area (TPSA) is 61.0 Å². The normalized spacial score (nSPS) is 10.4. The van der Waals surface area contributed by atoms with Crippen molar-refractivity contribution >= 4 is 5.69 Å². The fourth-order valence-electron chi connectivity index (χ4n) is 1.75. The smallest absolute Gasteiger partial charge is 0.253 e. The fraction of sp³-hybridized carbons (Fsp3) is 0.286. The number of nitrogens with two attached hydrogens (primary N) is 1. The molecule has 0 bridgehead atoms. The Morgan fingerprint density at radius 3 is 2.79 bits per heavy atom. The molecule has 0 fully saturated rings. The number of halogens is 1. The maximum atomic E-state index is 13.8. The van der Waals surface area contributed by atoms with Gasteiger partial charge in [0.1, 0.15) is 6.33 Å². The third kappa shape index (κ3) is 3.19. The molecular weight excluding hydrogens is 245 g/mol. The van der Waals surface area contributed by atoms with E-state index in [1.807, 2.05) is 31.2 Å². The molecule has 0 amide bonds. The molecule has 100 valence electrons. The van der Waals surface area contributed by atoms with Gasteiger partial charge in [0.05, 0.1) is 12.3 Å². The lowest BCUT2D eigenvalue weighted by atomic mass is 10.1. The van der Waals surface area contributed by atoms with Crippen LogP contribution in [-0.4, -0.2) is 16.6 Å². The van der Waals surface area contributed by atoms with Gasteiger partial charge in [-0.25, -0.2) is 4.98 Å². The zero-order chi connectivity index (χ0) is 13.7. The quantitative estimate of drug-likeness (QED) is 0.839. The number of hydrogen-bond donors (Lipinski definition) is 1. The summed E-state index contributed by atoms with van der Waals surface area (Å²) in [6.07, 6.45) is 2.43. The van der Waals surface area contributed by atoms with Crippen LogP contribution in [0.4, 0.5) is 10.1 Å². The third-order valence-electron chi connectivity index (χ3n) is 2.83. The number of nitrogen functional groups attached to an aromatic ring is 1. The van der Waals surface area contributed by atoms with Crippen molar-refractivity contribution in [2.24, 2.45) is 0 Å². The van der Waals surface area contributed by atoms with Crippen LogP contribution < -0.4 is 10.5 Å². The van der Waals surface area contributed by atoms with E-state index >= 15 is 0 Å². The molecule has 5 heteroatoms. The van der Waals surface area contributed by atoms with Crippen molar-refractivity contribution in [2.75, 3.05) is 12.3 Å². The molecule has 0 saturated carbocycles. The lowest BCUT2D eigenvalue weighted by Crippen LogP contribution is -2.07. The molecule has 0 radical (unpaired) electrons. The summed E-state index contributed by atoms with van der Waals surface area (Å²) < 4.78 is 19.2. The van der Waals surface area contributed by atoms with Gasteiger partial charge in [-0.3, -0.25) is 0 Å². The second-order valence-corrected chi connectivity index (χ2v) is 4.09. The Labute approximate surface area is 111 Å². The van der Waals surface area contributed by atoms with E-state index in [1.165, 1.54) is 6.33 Å². The average Bonchev–Trinajstić information content (AvgIpc) is 2.43. The fourth-order valence-corrected chi connectivity index (χ4v) is 1.75. The van der Waals surface area contributed by atoms with E-state index in [2.05, 4.69) is 9.97 Å². The summed E-state index contributed by atoms with van der Waals surface area (Å²) in [5.74, 6) is -0.479. The molecule has 0 aliphatic rings. The number of nitrogens with zero attached hydrogens (tertiary/aromatic N) is 2. The summed E-state index contributed by atoms with van der Waals surface area (Å²) >= 11 is 0. The highest BCUT2D eigenvalue weighted by Crippen LogP contribution is 2.17. The van der Waals surface area contributed by atoms with E-state index in [1.54, 1.807) is 0 Å². The van der Waals surface area contributed by atoms with Gasteiger partial charge >= 0.3 is 0 Å². The summed E-state index contributed by atoms with van der Waals surface area (Å²) in [5, 5.41) is 0. The molecule has 2 rings (SSSR count). The van der Waals surface area contributed by atoms with Crippen molar-refractivity contribution in [1.29, 1.82) is 0 Å². The molecule has 0 aliphatic carbocycles. The molecule has 0 spiro atoms. The molecule has 2 aromatic rings. The Hall–Kier alpha value is -2.17. The van der Waals surface area contributed by atoms with E-state index in [9.17, 15) is 4.39 Å². The first-order valence-corrected chi connectivity index (χ1v) is 6.18. The standard InChI is InChI=1S/C14H16FN3O/c1-2-12-13(15)14(18-9-17-12)19-8-7-10-5-3-4-6-11(10)16/h3-6,9H,2,7-8,16H2,1H3. The molecule has 19 heavy (non-hydrogen) atoms. The van der Waals surface area contributed by atoms with Gasteiger partial charge in [0.15, 0.2) is 0 Å². The van der Waals surface area contributed by atoms with Gasteiger partial charge in [-0.15, -0.1) is 0 Å². The van der Waals surface area contributed by atoms with Crippen LogP contribution in [0.3, 0.4) is 0 Å². The first kappa shape index (κ1) is 13.3. The number of para-hydroxylation sites is 1. The zero-order valence-electron chi connectivity index (χ0n) is 10.8. The summed E-state index contributed by atoms with van der Waals surface area (Å²) in [7, 11) is 0. The van der Waals surface area contributed by atoms with Crippen LogP contribution in [-0.2, 0) is 12.8 Å². The van der Waals surface area contributed by atoms with E-state index < -0.39 is 5.82 Å². The van der Waals surface area contributed by atoms with Crippen molar-refractivity contribution in [2.45, 2.75) is 19.8 Å². The Balaban J connectivity index is 1.98. The molecular formula is C14H16FN3O. The molecule has 0 atom stereocenters. The second kappa shape index (κ2) is 6.13. The van der Waals surface area contributed by atoms with Gasteiger partial charge in [-0.2, -0.15) is 9.37 Å². The van der Waals surface area contributed by atoms with E-state index in [0.717, 1.165) is 5.56 Å². The predicted molar refractivity (Wildman–Crippen MR) is 71.4 cm³/mol. The van der Waals surface area contributed by atoms with Crippen molar-refractivity contribution in [3.05, 3.63) is 47.7 Å². The third-order valence-corrected chi connectivity index (χ3v) is 2.83. The minimum absolute atomic E-state index is 0.00125. The Morgan fingerprint density at radius 1 is 1.26 bits per heavy atom. The molecule has 0 saturated heterocycles. The van der Waals surface area contributed by atoms with Crippen molar-refractivity contribution < 1.29 is 9.13 Å². The maximum Gasteiger partial charge on any atom is 0.253 e. The SMILES string of the molecule is CCc1ncnc(OCCc2ccccc2N)c1F. The molecule has 1 aromatic heterocycles. The number of aryl methyl sites for hydroxylation is 1. The first-order chi connectivity index (χ1) is 9.22. The summed E-state index contributed by atoms with van der Waals surface area (Å²) in [6.45, 7) is 2.16. The minimum Gasteiger partial charge on any atom is -0.475 e. The van der Waals surface area contributed by atoms with Crippen LogP contribution in [0.2, 0.25) is 0 Å². The lowest BCUT2D eigenvalue weighted by Gasteiger charge is -2.08. The highest BCUT2D eigenvalue weighted by molar-refractivity contribution is 5.46. The number of hydrogen-bond acceptors (Lipinski definition) is 4. The first-order valence-electron chi connectivity index (χ1n) is 6.18.